The number of carbonyl (C=O) groups is 2. The lowest BCUT2D eigenvalue weighted by Crippen LogP contribution is -2.29. The third kappa shape index (κ3) is 3.97. The normalized spacial score (nSPS) is 16.5. The Morgan fingerprint density at radius 3 is 2.30 bits per heavy atom. The molecule has 5 nitrogen and oxygen atoms in total. The van der Waals surface area contributed by atoms with Gasteiger partial charge in [-0.2, -0.15) is 0 Å². The van der Waals surface area contributed by atoms with Gasteiger partial charge in [0.2, 0.25) is 11.8 Å². The predicted molar refractivity (Wildman–Crippen MR) is 107 cm³/mol. The molecule has 1 fully saturated rings. The van der Waals surface area contributed by atoms with Crippen molar-refractivity contribution in [3.05, 3.63) is 53.6 Å². The average molecular weight is 366 g/mol. The molecule has 0 radical (unpaired) electrons. The van der Waals surface area contributed by atoms with Crippen LogP contribution in [0.4, 0.5) is 11.4 Å². The van der Waals surface area contributed by atoms with Crippen LogP contribution in [0, 0.1) is 5.92 Å². The molecular formula is C22H26N2O3. The summed E-state index contributed by atoms with van der Waals surface area (Å²) in [5.41, 5.74) is 4.00. The number of nitrogens with zero attached hydrogens (tertiary/aromatic N) is 1. The Morgan fingerprint density at radius 2 is 1.74 bits per heavy atom. The Hall–Kier alpha value is -2.82. The lowest BCUT2D eigenvalue weighted by molar-refractivity contribution is -0.122. The number of benzene rings is 2. The van der Waals surface area contributed by atoms with Crippen LogP contribution in [0.15, 0.2) is 42.5 Å². The highest BCUT2D eigenvalue weighted by Crippen LogP contribution is 2.32. The van der Waals surface area contributed by atoms with Gasteiger partial charge in [0.25, 0.3) is 0 Å². The summed E-state index contributed by atoms with van der Waals surface area (Å²) >= 11 is 0. The van der Waals surface area contributed by atoms with Crippen molar-refractivity contribution < 1.29 is 14.3 Å². The number of methoxy groups -OCH3 is 1. The number of hydrogen-bond acceptors (Lipinski definition) is 3. The molecule has 1 saturated heterocycles. The molecular weight excluding hydrogens is 340 g/mol. The molecule has 1 N–H and O–H groups in total. The van der Waals surface area contributed by atoms with E-state index in [0.717, 1.165) is 35.4 Å². The highest BCUT2D eigenvalue weighted by Gasteiger charge is 2.36. The van der Waals surface area contributed by atoms with E-state index >= 15 is 0 Å². The minimum absolute atomic E-state index is 0.0143. The number of hydrogen-bond donors (Lipinski definition) is 1. The Morgan fingerprint density at radius 1 is 1.11 bits per heavy atom. The van der Waals surface area contributed by atoms with Crippen molar-refractivity contribution in [1.29, 1.82) is 0 Å². The van der Waals surface area contributed by atoms with Gasteiger partial charge in [-0.25, -0.2) is 0 Å². The molecule has 1 aliphatic rings. The van der Waals surface area contributed by atoms with Crippen LogP contribution in [0.1, 0.15) is 31.4 Å². The molecule has 0 aliphatic carbocycles. The average Bonchev–Trinajstić information content (AvgIpc) is 3.09. The summed E-state index contributed by atoms with van der Waals surface area (Å²) < 4.78 is 5.13. The smallest absolute Gasteiger partial charge is 0.229 e. The van der Waals surface area contributed by atoms with Gasteiger partial charge in [0.15, 0.2) is 0 Å². The SMILES string of the molecule is CCc1cccc(CC)c1N1C[C@H](C(=O)Nc2ccc(OC)cc2)CC1=O. The molecule has 1 aliphatic heterocycles. The second-order valence-corrected chi connectivity index (χ2v) is 6.76. The van der Waals surface area contributed by atoms with Crippen molar-refractivity contribution in [3.8, 4) is 5.75 Å². The first-order valence-corrected chi connectivity index (χ1v) is 9.43. The van der Waals surface area contributed by atoms with Crippen LogP contribution in [0.25, 0.3) is 0 Å². The summed E-state index contributed by atoms with van der Waals surface area (Å²) in [7, 11) is 1.60. The number of anilines is 2. The second-order valence-electron chi connectivity index (χ2n) is 6.76. The van der Waals surface area contributed by atoms with Gasteiger partial charge in [-0.05, 0) is 48.2 Å². The molecule has 2 aromatic carbocycles. The lowest BCUT2D eigenvalue weighted by atomic mass is 10.0. The largest absolute Gasteiger partial charge is 0.497 e. The van der Waals surface area contributed by atoms with Crippen molar-refractivity contribution >= 4 is 23.2 Å². The first kappa shape index (κ1) is 19.0. The van der Waals surface area contributed by atoms with Crippen LogP contribution in [-0.4, -0.2) is 25.5 Å². The van der Waals surface area contributed by atoms with Gasteiger partial charge in [0, 0.05) is 24.3 Å². The zero-order valence-corrected chi connectivity index (χ0v) is 16.1. The third-order valence-electron chi connectivity index (χ3n) is 5.09. The zero-order valence-electron chi connectivity index (χ0n) is 16.1. The Balaban J connectivity index is 1.76. The van der Waals surface area contributed by atoms with Gasteiger partial charge in [-0.1, -0.05) is 32.0 Å². The molecule has 0 unspecified atom stereocenters. The maximum atomic E-state index is 12.7. The molecule has 0 spiro atoms. The van der Waals surface area contributed by atoms with Crippen LogP contribution in [-0.2, 0) is 22.4 Å². The minimum Gasteiger partial charge on any atom is -0.497 e. The summed E-state index contributed by atoms with van der Waals surface area (Å²) in [6, 6.07) is 13.4. The number of para-hydroxylation sites is 1. The predicted octanol–water partition coefficient (Wildman–Crippen LogP) is 3.81. The number of amides is 2. The third-order valence-corrected chi connectivity index (χ3v) is 5.09. The second kappa shape index (κ2) is 8.25. The van der Waals surface area contributed by atoms with E-state index in [1.165, 1.54) is 0 Å². The van der Waals surface area contributed by atoms with Crippen LogP contribution in [0.2, 0.25) is 0 Å². The maximum absolute atomic E-state index is 12.7. The molecule has 5 heteroatoms. The van der Waals surface area contributed by atoms with Gasteiger partial charge < -0.3 is 15.0 Å². The molecule has 2 amide bonds. The van der Waals surface area contributed by atoms with Crippen molar-refractivity contribution in [2.75, 3.05) is 23.9 Å². The fraction of sp³-hybridized carbons (Fsp3) is 0.364. The van der Waals surface area contributed by atoms with E-state index in [-0.39, 0.29) is 24.2 Å². The number of carbonyl (C=O) groups excluding carboxylic acids is 2. The number of nitrogens with one attached hydrogen (secondary N) is 1. The van der Waals surface area contributed by atoms with E-state index in [1.54, 1.807) is 36.3 Å². The van der Waals surface area contributed by atoms with Gasteiger partial charge in [-0.15, -0.1) is 0 Å². The topological polar surface area (TPSA) is 58.6 Å². The van der Waals surface area contributed by atoms with Crippen LogP contribution in [0.5, 0.6) is 5.75 Å². The quantitative estimate of drug-likeness (QED) is 0.846. The maximum Gasteiger partial charge on any atom is 0.229 e. The van der Waals surface area contributed by atoms with E-state index in [2.05, 4.69) is 31.3 Å². The minimum atomic E-state index is -0.353. The van der Waals surface area contributed by atoms with Crippen molar-refractivity contribution in [3.63, 3.8) is 0 Å². The van der Waals surface area contributed by atoms with Crippen LogP contribution in [0.3, 0.4) is 0 Å². The molecule has 142 valence electrons. The summed E-state index contributed by atoms with van der Waals surface area (Å²) in [6.45, 7) is 4.60. The summed E-state index contributed by atoms with van der Waals surface area (Å²) in [4.78, 5) is 27.2. The van der Waals surface area contributed by atoms with Crippen molar-refractivity contribution in [2.24, 2.45) is 5.92 Å². The summed E-state index contributed by atoms with van der Waals surface area (Å²) in [6.07, 6.45) is 1.95. The van der Waals surface area contributed by atoms with Crippen LogP contribution < -0.4 is 15.0 Å². The van der Waals surface area contributed by atoms with Crippen LogP contribution >= 0.6 is 0 Å². The molecule has 1 heterocycles. The Bertz CT molecular complexity index is 808. The Kier molecular flexibility index (Phi) is 5.79. The standard InChI is InChI=1S/C22H26N2O3/c1-4-15-7-6-8-16(5-2)21(15)24-14-17(13-20(24)25)22(26)23-18-9-11-19(27-3)12-10-18/h6-12,17H,4-5,13-14H2,1-3H3,(H,23,26)/t17-/m1/s1. The number of aryl methyl sites for hydroxylation is 2. The van der Waals surface area contributed by atoms with E-state index < -0.39 is 0 Å². The van der Waals surface area contributed by atoms with Crippen molar-refractivity contribution in [2.45, 2.75) is 33.1 Å². The van der Waals surface area contributed by atoms with Gasteiger partial charge >= 0.3 is 0 Å². The highest BCUT2D eigenvalue weighted by molar-refractivity contribution is 6.04. The summed E-state index contributed by atoms with van der Waals surface area (Å²) in [5.74, 6) is 0.274. The first-order chi connectivity index (χ1) is 13.1. The van der Waals surface area contributed by atoms with Gasteiger partial charge in [-0.3, -0.25) is 9.59 Å². The molecule has 0 bridgehead atoms. The molecule has 2 aromatic rings. The molecule has 27 heavy (non-hydrogen) atoms. The van der Waals surface area contributed by atoms with Gasteiger partial charge in [0.1, 0.15) is 5.75 Å². The molecule has 0 saturated carbocycles. The molecule has 0 aromatic heterocycles. The summed E-state index contributed by atoms with van der Waals surface area (Å²) in [5, 5.41) is 2.91. The first-order valence-electron chi connectivity index (χ1n) is 9.43. The van der Waals surface area contributed by atoms with E-state index in [4.69, 9.17) is 4.74 Å². The lowest BCUT2D eigenvalue weighted by Gasteiger charge is -2.23. The van der Waals surface area contributed by atoms with E-state index in [0.29, 0.717) is 12.2 Å². The van der Waals surface area contributed by atoms with Gasteiger partial charge in [0.05, 0.1) is 13.0 Å². The fourth-order valence-electron chi connectivity index (χ4n) is 3.58. The number of rotatable bonds is 6. The van der Waals surface area contributed by atoms with E-state index in [1.807, 2.05) is 6.07 Å². The monoisotopic (exact) mass is 366 g/mol. The molecule has 3 rings (SSSR count). The van der Waals surface area contributed by atoms with Crippen molar-refractivity contribution in [1.82, 2.24) is 0 Å². The zero-order chi connectivity index (χ0) is 19.4. The fourth-order valence-corrected chi connectivity index (χ4v) is 3.58. The number of ether oxygens (including phenoxy) is 1. The van der Waals surface area contributed by atoms with E-state index in [9.17, 15) is 9.59 Å². The molecule has 1 atom stereocenters. The Labute approximate surface area is 160 Å². The highest BCUT2D eigenvalue weighted by atomic mass is 16.5.